The Morgan fingerprint density at radius 2 is 2.00 bits per heavy atom. The summed E-state index contributed by atoms with van der Waals surface area (Å²) in [7, 11) is 0. The maximum Gasteiger partial charge on any atom is 2.00 e. The maximum absolute atomic E-state index is 5.49. The van der Waals surface area contributed by atoms with E-state index in [0.29, 0.717) is 6.10 Å². The largest absolute Gasteiger partial charge is 2.00 e. The van der Waals surface area contributed by atoms with Crippen LogP contribution in [0.5, 0.6) is 0 Å². The van der Waals surface area contributed by atoms with Crippen LogP contribution >= 0.6 is 0 Å². The monoisotopic (exact) mass is 246 g/mol. The summed E-state index contributed by atoms with van der Waals surface area (Å²) in [6.45, 7) is 6.32. The van der Waals surface area contributed by atoms with Gasteiger partial charge in [-0.3, -0.25) is 0 Å². The molecule has 0 amide bonds. The van der Waals surface area contributed by atoms with Gasteiger partial charge in [0.05, 0.1) is 0 Å². The van der Waals surface area contributed by atoms with Crippen molar-refractivity contribution >= 4 is 23.1 Å². The van der Waals surface area contributed by atoms with Crippen molar-refractivity contribution in [2.75, 3.05) is 19.8 Å². The number of halogens is 1. The molecule has 1 heterocycles. The van der Waals surface area contributed by atoms with Crippen molar-refractivity contribution in [3.63, 3.8) is 0 Å². The number of hydrogen-bond donors (Lipinski definition) is 0. The summed E-state index contributed by atoms with van der Waals surface area (Å²) < 4.78 is 10.8. The third-order valence-electron chi connectivity index (χ3n) is 1.69. The number of rotatable bonds is 1. The Hall–Kier alpha value is 1.17. The summed E-state index contributed by atoms with van der Waals surface area (Å²) >= 11 is 0. The summed E-state index contributed by atoms with van der Waals surface area (Å²) in [5.74, 6) is 0. The zero-order valence-electron chi connectivity index (χ0n) is 7.43. The van der Waals surface area contributed by atoms with E-state index < -0.39 is 0 Å². The Bertz CT molecular complexity index is 85.1. The fraction of sp³-hybridized carbons (Fsp3) is 0.875. The topological polar surface area (TPSA) is 18.5 Å². The van der Waals surface area contributed by atoms with Crippen LogP contribution in [0.3, 0.4) is 0 Å². The van der Waals surface area contributed by atoms with E-state index in [1.165, 1.54) is 0 Å². The van der Waals surface area contributed by atoms with Crippen molar-refractivity contribution in [2.45, 2.75) is 25.4 Å². The minimum absolute atomic E-state index is 0. The van der Waals surface area contributed by atoms with E-state index in [9.17, 15) is 0 Å². The normalized spacial score (nSPS) is 24.2. The molecule has 1 aliphatic heterocycles. The van der Waals surface area contributed by atoms with Crippen molar-refractivity contribution in [3.8, 4) is 0 Å². The molecule has 4 heteroatoms. The van der Waals surface area contributed by atoms with Crippen LogP contribution in [0.15, 0.2) is 0 Å². The average Bonchev–Trinajstić information content (AvgIpc) is 1.87. The Kier molecular flexibility index (Phi) is 13.3. The van der Waals surface area contributed by atoms with Crippen molar-refractivity contribution in [1.29, 1.82) is 0 Å². The fourth-order valence-corrected chi connectivity index (χ4v) is 1.04. The van der Waals surface area contributed by atoms with Crippen molar-refractivity contribution < 1.29 is 26.5 Å². The minimum atomic E-state index is 0. The van der Waals surface area contributed by atoms with E-state index >= 15 is 0 Å². The van der Waals surface area contributed by atoms with Gasteiger partial charge in [0, 0.05) is 25.9 Å². The van der Waals surface area contributed by atoms with E-state index in [0.717, 1.165) is 39.1 Å². The summed E-state index contributed by atoms with van der Waals surface area (Å²) in [4.78, 5) is 0. The van der Waals surface area contributed by atoms with Crippen LogP contribution in [0.4, 0.5) is 0 Å². The molecule has 1 unspecified atom stereocenters. The minimum Gasteiger partial charge on any atom is -1.00 e. The van der Waals surface area contributed by atoms with Gasteiger partial charge in [-0.05, 0) is 12.8 Å². The number of ether oxygens (including phenoxy) is 2. The van der Waals surface area contributed by atoms with Crippen LogP contribution in [0, 0.1) is 6.92 Å². The molecule has 68 valence electrons. The van der Waals surface area contributed by atoms with Gasteiger partial charge in [-0.2, -0.15) is 6.42 Å². The Balaban J connectivity index is 0. The van der Waals surface area contributed by atoms with Gasteiger partial charge >= 0.3 is 23.1 Å². The molecule has 0 bridgehead atoms. The first-order chi connectivity index (χ1) is 4.93. The molecule has 1 rings (SSSR count). The van der Waals surface area contributed by atoms with Crippen molar-refractivity contribution in [2.24, 2.45) is 0 Å². The molecule has 0 saturated carbocycles. The second-order valence-electron chi connectivity index (χ2n) is 2.54. The standard InChI is InChI=1S/C8H15O2.BrH.Mg/c1-2-8-4-7-9-5-3-6-10-8;;/h8H,1-7H2;1H;/q-1;;+2/p-1. The van der Waals surface area contributed by atoms with Gasteiger partial charge in [-0.15, -0.1) is 0 Å². The Morgan fingerprint density at radius 3 is 2.67 bits per heavy atom. The van der Waals surface area contributed by atoms with Crippen LogP contribution in [0.25, 0.3) is 0 Å². The molecule has 0 spiro atoms. The molecule has 0 N–H and O–H groups in total. The molecule has 1 aliphatic rings. The second-order valence-corrected chi connectivity index (χ2v) is 2.54. The van der Waals surface area contributed by atoms with Gasteiger partial charge < -0.3 is 33.4 Å². The third kappa shape index (κ3) is 6.66. The number of hydrogen-bond acceptors (Lipinski definition) is 2. The molecule has 2 nitrogen and oxygen atoms in total. The van der Waals surface area contributed by atoms with Gasteiger partial charge in [-0.1, -0.05) is 0 Å². The molecule has 1 saturated heterocycles. The van der Waals surface area contributed by atoms with Gasteiger partial charge in [0.2, 0.25) is 0 Å². The molecule has 12 heavy (non-hydrogen) atoms. The van der Waals surface area contributed by atoms with E-state index in [1.54, 1.807) is 0 Å². The summed E-state index contributed by atoms with van der Waals surface area (Å²) in [5.41, 5.74) is 0. The molecule has 0 aromatic carbocycles. The molecule has 0 radical (unpaired) electrons. The van der Waals surface area contributed by atoms with E-state index in [2.05, 4.69) is 6.92 Å². The SMILES string of the molecule is [Br-].[CH2-]CC1CCOCCCO1.[Mg+2]. The fourth-order valence-electron chi connectivity index (χ4n) is 1.04. The van der Waals surface area contributed by atoms with Gasteiger partial charge in [0.1, 0.15) is 0 Å². The molecular weight excluding hydrogens is 232 g/mol. The first-order valence-corrected chi connectivity index (χ1v) is 3.92. The summed E-state index contributed by atoms with van der Waals surface area (Å²) in [6, 6.07) is 0. The van der Waals surface area contributed by atoms with Crippen LogP contribution < -0.4 is 17.0 Å². The Labute approximate surface area is 101 Å². The third-order valence-corrected chi connectivity index (χ3v) is 1.69. The molecule has 1 atom stereocenters. The first kappa shape index (κ1) is 15.6. The quantitative estimate of drug-likeness (QED) is 0.395. The zero-order valence-corrected chi connectivity index (χ0v) is 10.4. The smallest absolute Gasteiger partial charge is 1.00 e. The zero-order chi connectivity index (χ0) is 7.23. The average molecular weight is 247 g/mol. The van der Waals surface area contributed by atoms with E-state index in [4.69, 9.17) is 9.47 Å². The summed E-state index contributed by atoms with van der Waals surface area (Å²) in [5, 5.41) is 0. The van der Waals surface area contributed by atoms with Crippen molar-refractivity contribution in [1.82, 2.24) is 0 Å². The molecule has 0 aromatic heterocycles. The predicted octanol–water partition coefficient (Wildman–Crippen LogP) is -1.97. The predicted molar refractivity (Wildman–Crippen MR) is 45.5 cm³/mol. The van der Waals surface area contributed by atoms with E-state index in [1.807, 2.05) is 0 Å². The van der Waals surface area contributed by atoms with Gasteiger partial charge in [0.25, 0.3) is 0 Å². The van der Waals surface area contributed by atoms with Crippen LogP contribution in [-0.2, 0) is 9.47 Å². The van der Waals surface area contributed by atoms with E-state index in [-0.39, 0.29) is 40.0 Å². The summed E-state index contributed by atoms with van der Waals surface area (Å²) in [6.07, 6.45) is 3.23. The van der Waals surface area contributed by atoms with Crippen LogP contribution in [0.2, 0.25) is 0 Å². The van der Waals surface area contributed by atoms with Gasteiger partial charge in [-0.25, -0.2) is 0 Å². The van der Waals surface area contributed by atoms with Gasteiger partial charge in [0.15, 0.2) is 0 Å². The second kappa shape index (κ2) is 10.2. The van der Waals surface area contributed by atoms with Crippen LogP contribution in [0.1, 0.15) is 19.3 Å². The molecule has 0 aromatic rings. The van der Waals surface area contributed by atoms with Crippen LogP contribution in [-0.4, -0.2) is 49.0 Å². The first-order valence-electron chi connectivity index (χ1n) is 3.92. The molecule has 1 fully saturated rings. The maximum atomic E-state index is 5.49. The molecule has 0 aliphatic carbocycles. The van der Waals surface area contributed by atoms with Crippen molar-refractivity contribution in [3.05, 3.63) is 6.92 Å². The Morgan fingerprint density at radius 1 is 1.25 bits per heavy atom. The molecular formula is C8H15BrMgO2.